The Labute approximate surface area is 164 Å². The molecular weight excluding hydrogens is 381 g/mol. The Hall–Kier alpha value is -2.29. The second kappa shape index (κ2) is 9.27. The lowest BCUT2D eigenvalue weighted by atomic mass is 10.1. The van der Waals surface area contributed by atoms with Gasteiger partial charge in [0.15, 0.2) is 0 Å². The van der Waals surface area contributed by atoms with Gasteiger partial charge in [-0.1, -0.05) is 30.3 Å². The number of hydrogen-bond donors (Lipinski definition) is 2. The summed E-state index contributed by atoms with van der Waals surface area (Å²) in [6.45, 7) is 2.06. The van der Waals surface area contributed by atoms with E-state index in [-0.39, 0.29) is 16.8 Å². The van der Waals surface area contributed by atoms with Gasteiger partial charge in [-0.3, -0.25) is 9.69 Å². The maximum absolute atomic E-state index is 13.0. The Kier molecular flexibility index (Phi) is 6.77. The van der Waals surface area contributed by atoms with Crippen LogP contribution in [0.25, 0.3) is 0 Å². The smallest absolute Gasteiger partial charge is 0.240 e. The molecule has 3 rings (SSSR count). The minimum atomic E-state index is -3.67. The summed E-state index contributed by atoms with van der Waals surface area (Å²) in [6, 6.07) is 14.3. The van der Waals surface area contributed by atoms with Crippen molar-refractivity contribution in [3.63, 3.8) is 0 Å². The van der Waals surface area contributed by atoms with Gasteiger partial charge in [0.25, 0.3) is 0 Å². The SMILES string of the molecule is O=C(CN1CCC(NS(=O)(=O)c2ccc(F)cc2)CC1)NCc1ccccc1. The van der Waals surface area contributed by atoms with Crippen molar-refractivity contribution < 1.29 is 17.6 Å². The van der Waals surface area contributed by atoms with Gasteiger partial charge in [0, 0.05) is 25.7 Å². The van der Waals surface area contributed by atoms with Crippen LogP contribution >= 0.6 is 0 Å². The van der Waals surface area contributed by atoms with Crippen LogP contribution in [0, 0.1) is 5.82 Å². The summed E-state index contributed by atoms with van der Waals surface area (Å²) in [6.07, 6.45) is 1.23. The molecule has 0 radical (unpaired) electrons. The van der Waals surface area contributed by atoms with E-state index in [1.807, 2.05) is 35.2 Å². The standard InChI is InChI=1S/C20H24FN3O3S/c21-17-6-8-19(9-7-17)28(26,27)23-18-10-12-24(13-11-18)15-20(25)22-14-16-4-2-1-3-5-16/h1-9,18,23H,10-15H2,(H,22,25). The summed E-state index contributed by atoms with van der Waals surface area (Å²) in [7, 11) is -3.67. The second-order valence-electron chi connectivity index (χ2n) is 6.89. The zero-order chi connectivity index (χ0) is 20.0. The van der Waals surface area contributed by atoms with Crippen molar-refractivity contribution in [1.29, 1.82) is 0 Å². The quantitative estimate of drug-likeness (QED) is 0.737. The molecule has 0 unspecified atom stereocenters. The van der Waals surface area contributed by atoms with Gasteiger partial charge < -0.3 is 5.32 Å². The fourth-order valence-corrected chi connectivity index (χ4v) is 4.47. The molecule has 1 aliphatic rings. The molecule has 2 aromatic carbocycles. The highest BCUT2D eigenvalue weighted by molar-refractivity contribution is 7.89. The first-order valence-electron chi connectivity index (χ1n) is 9.23. The number of piperidine rings is 1. The number of carbonyl (C=O) groups excluding carboxylic acids is 1. The first-order chi connectivity index (χ1) is 13.4. The summed E-state index contributed by atoms with van der Waals surface area (Å²) >= 11 is 0. The third kappa shape index (κ3) is 5.85. The minimum absolute atomic E-state index is 0.0470. The third-order valence-corrected chi connectivity index (χ3v) is 6.27. The van der Waals surface area contributed by atoms with E-state index in [2.05, 4.69) is 10.0 Å². The van der Waals surface area contributed by atoms with Crippen LogP contribution in [0.3, 0.4) is 0 Å². The van der Waals surface area contributed by atoms with Crippen molar-refractivity contribution in [3.8, 4) is 0 Å². The van der Waals surface area contributed by atoms with Gasteiger partial charge in [-0.2, -0.15) is 0 Å². The number of amides is 1. The summed E-state index contributed by atoms with van der Waals surface area (Å²) < 4.78 is 40.4. The number of likely N-dealkylation sites (tertiary alicyclic amines) is 1. The van der Waals surface area contributed by atoms with Gasteiger partial charge >= 0.3 is 0 Å². The van der Waals surface area contributed by atoms with E-state index in [1.165, 1.54) is 12.1 Å². The fourth-order valence-electron chi connectivity index (χ4n) is 3.17. The first kappa shape index (κ1) is 20.4. The molecular formula is C20H24FN3O3S. The Morgan fingerprint density at radius 2 is 1.68 bits per heavy atom. The van der Waals surface area contributed by atoms with E-state index in [1.54, 1.807) is 0 Å². The molecule has 0 saturated carbocycles. The van der Waals surface area contributed by atoms with Gasteiger partial charge in [-0.25, -0.2) is 17.5 Å². The van der Waals surface area contributed by atoms with Crippen LogP contribution in [0.15, 0.2) is 59.5 Å². The summed E-state index contributed by atoms with van der Waals surface area (Å²) in [5.41, 5.74) is 1.05. The van der Waals surface area contributed by atoms with Crippen molar-refractivity contribution in [2.45, 2.75) is 30.3 Å². The molecule has 1 saturated heterocycles. The van der Waals surface area contributed by atoms with Crippen LogP contribution in [0.1, 0.15) is 18.4 Å². The predicted octanol–water partition coefficient (Wildman–Crippen LogP) is 1.88. The molecule has 0 spiro atoms. The van der Waals surface area contributed by atoms with Crippen molar-refractivity contribution in [1.82, 2.24) is 14.9 Å². The van der Waals surface area contributed by atoms with Crippen molar-refractivity contribution in [2.24, 2.45) is 0 Å². The molecule has 2 N–H and O–H groups in total. The summed E-state index contributed by atoms with van der Waals surface area (Å²) in [4.78, 5) is 14.2. The Bertz CT molecular complexity index is 881. The zero-order valence-corrected chi connectivity index (χ0v) is 16.3. The van der Waals surface area contributed by atoms with Crippen LogP contribution in [-0.4, -0.2) is 44.9 Å². The normalized spacial score (nSPS) is 16.0. The molecule has 1 heterocycles. The molecule has 28 heavy (non-hydrogen) atoms. The maximum atomic E-state index is 13.0. The number of sulfonamides is 1. The molecule has 1 amide bonds. The Morgan fingerprint density at radius 3 is 2.32 bits per heavy atom. The minimum Gasteiger partial charge on any atom is -0.351 e. The average molecular weight is 405 g/mol. The monoisotopic (exact) mass is 405 g/mol. The highest BCUT2D eigenvalue weighted by atomic mass is 32.2. The lowest BCUT2D eigenvalue weighted by molar-refractivity contribution is -0.122. The van der Waals surface area contributed by atoms with Crippen molar-refractivity contribution >= 4 is 15.9 Å². The molecule has 150 valence electrons. The van der Waals surface area contributed by atoms with E-state index in [9.17, 15) is 17.6 Å². The molecule has 1 aliphatic heterocycles. The van der Waals surface area contributed by atoms with E-state index in [4.69, 9.17) is 0 Å². The number of nitrogens with zero attached hydrogens (tertiary/aromatic N) is 1. The number of rotatable bonds is 7. The van der Waals surface area contributed by atoms with Crippen LogP contribution in [-0.2, 0) is 21.4 Å². The second-order valence-corrected chi connectivity index (χ2v) is 8.60. The molecule has 0 aliphatic carbocycles. The maximum Gasteiger partial charge on any atom is 0.240 e. The molecule has 1 fully saturated rings. The van der Waals surface area contributed by atoms with Gasteiger partial charge in [0.05, 0.1) is 11.4 Å². The lowest BCUT2D eigenvalue weighted by Crippen LogP contribution is -2.47. The van der Waals surface area contributed by atoms with E-state index >= 15 is 0 Å². The largest absolute Gasteiger partial charge is 0.351 e. The first-order valence-corrected chi connectivity index (χ1v) is 10.7. The van der Waals surface area contributed by atoms with E-state index in [0.717, 1.165) is 17.7 Å². The Balaban J connectivity index is 1.42. The molecule has 0 atom stereocenters. The molecule has 2 aromatic rings. The van der Waals surface area contributed by atoms with Gasteiger partial charge in [0.1, 0.15) is 5.82 Å². The van der Waals surface area contributed by atoms with Crippen molar-refractivity contribution in [3.05, 3.63) is 66.0 Å². The van der Waals surface area contributed by atoms with E-state index in [0.29, 0.717) is 39.0 Å². The topological polar surface area (TPSA) is 78.5 Å². The van der Waals surface area contributed by atoms with Crippen LogP contribution in [0.4, 0.5) is 4.39 Å². The number of nitrogens with one attached hydrogen (secondary N) is 2. The van der Waals surface area contributed by atoms with Crippen molar-refractivity contribution in [2.75, 3.05) is 19.6 Å². The highest BCUT2D eigenvalue weighted by Gasteiger charge is 2.25. The summed E-state index contributed by atoms with van der Waals surface area (Å²) in [5, 5.41) is 2.90. The molecule has 0 aromatic heterocycles. The fraction of sp³-hybridized carbons (Fsp3) is 0.350. The van der Waals surface area contributed by atoms with Gasteiger partial charge in [-0.05, 0) is 42.7 Å². The number of halogens is 1. The van der Waals surface area contributed by atoms with E-state index < -0.39 is 15.8 Å². The Morgan fingerprint density at radius 1 is 1.04 bits per heavy atom. The predicted molar refractivity (Wildman–Crippen MR) is 104 cm³/mol. The highest BCUT2D eigenvalue weighted by Crippen LogP contribution is 2.15. The molecule has 0 bridgehead atoms. The average Bonchev–Trinajstić information content (AvgIpc) is 2.69. The van der Waals surface area contributed by atoms with Crippen LogP contribution < -0.4 is 10.0 Å². The number of carbonyl (C=O) groups is 1. The number of hydrogen-bond acceptors (Lipinski definition) is 4. The molecule has 6 nitrogen and oxygen atoms in total. The van der Waals surface area contributed by atoms with Crippen LogP contribution in [0.5, 0.6) is 0 Å². The van der Waals surface area contributed by atoms with Crippen LogP contribution in [0.2, 0.25) is 0 Å². The lowest BCUT2D eigenvalue weighted by Gasteiger charge is -2.31. The summed E-state index contributed by atoms with van der Waals surface area (Å²) in [5.74, 6) is -0.521. The van der Waals surface area contributed by atoms with Gasteiger partial charge in [0.2, 0.25) is 15.9 Å². The number of benzene rings is 2. The third-order valence-electron chi connectivity index (χ3n) is 4.73. The molecule has 8 heteroatoms. The van der Waals surface area contributed by atoms with Gasteiger partial charge in [-0.15, -0.1) is 0 Å². The zero-order valence-electron chi connectivity index (χ0n) is 15.5.